The van der Waals surface area contributed by atoms with Crippen molar-refractivity contribution < 1.29 is 5.11 Å². The van der Waals surface area contributed by atoms with Gasteiger partial charge < -0.3 is 5.11 Å². The van der Waals surface area contributed by atoms with Crippen LogP contribution in [0.1, 0.15) is 16.8 Å². The second kappa shape index (κ2) is 11.7. The van der Waals surface area contributed by atoms with E-state index in [0.29, 0.717) is 5.56 Å². The number of rotatable bonds is 5. The molecule has 3 aromatic heterocycles. The second-order valence-electron chi connectivity index (χ2n) is 12.3. The van der Waals surface area contributed by atoms with Crippen LogP contribution in [-0.2, 0) is 0 Å². The SMILES string of the molecule is Cc1cc(C)cc(-c2cc(-c3cccc(-c4cc(-c5cccc6c5sc5ccccc56)cc(C)n4)c3)nc(-c3ccccc3O)c2)c1. The van der Waals surface area contributed by atoms with E-state index in [2.05, 4.69) is 130 Å². The molecule has 0 spiro atoms. The molecule has 5 aromatic carbocycles. The number of pyridine rings is 2. The molecule has 3 nitrogen and oxygen atoms in total. The highest BCUT2D eigenvalue weighted by atomic mass is 32.1. The maximum Gasteiger partial charge on any atom is 0.124 e. The lowest BCUT2D eigenvalue weighted by atomic mass is 9.96. The highest BCUT2D eigenvalue weighted by Crippen LogP contribution is 2.41. The Morgan fingerprint density at radius 2 is 1.09 bits per heavy atom. The molecule has 3 heterocycles. The van der Waals surface area contributed by atoms with Crippen LogP contribution in [0.5, 0.6) is 5.75 Å². The van der Waals surface area contributed by atoms with E-state index in [-0.39, 0.29) is 5.75 Å². The molecule has 0 aliphatic heterocycles. The van der Waals surface area contributed by atoms with E-state index in [1.807, 2.05) is 29.5 Å². The second-order valence-corrected chi connectivity index (χ2v) is 13.3. The Morgan fingerprint density at radius 3 is 1.89 bits per heavy atom. The van der Waals surface area contributed by atoms with E-state index in [0.717, 1.165) is 50.6 Å². The number of hydrogen-bond donors (Lipinski definition) is 1. The molecule has 0 aliphatic carbocycles. The summed E-state index contributed by atoms with van der Waals surface area (Å²) < 4.78 is 2.59. The topological polar surface area (TPSA) is 46.0 Å². The van der Waals surface area contributed by atoms with Crippen LogP contribution in [0.25, 0.3) is 76.2 Å². The molecule has 4 heteroatoms. The molecule has 8 aromatic rings. The minimum atomic E-state index is 0.211. The summed E-state index contributed by atoms with van der Waals surface area (Å²) in [4.78, 5) is 10.1. The first-order valence-electron chi connectivity index (χ1n) is 15.8. The van der Waals surface area contributed by atoms with Gasteiger partial charge in [-0.25, -0.2) is 4.98 Å². The van der Waals surface area contributed by atoms with Crippen LogP contribution in [-0.4, -0.2) is 15.1 Å². The van der Waals surface area contributed by atoms with Crippen molar-refractivity contribution >= 4 is 31.5 Å². The predicted molar refractivity (Wildman–Crippen MR) is 198 cm³/mol. The third-order valence-corrected chi connectivity index (χ3v) is 9.90. The van der Waals surface area contributed by atoms with Crippen molar-refractivity contribution in [2.45, 2.75) is 20.8 Å². The first-order valence-corrected chi connectivity index (χ1v) is 16.6. The zero-order chi connectivity index (χ0) is 32.1. The summed E-state index contributed by atoms with van der Waals surface area (Å²) in [5, 5.41) is 13.4. The lowest BCUT2D eigenvalue weighted by Crippen LogP contribution is -1.94. The van der Waals surface area contributed by atoms with Gasteiger partial charge in [0.1, 0.15) is 5.75 Å². The maximum absolute atomic E-state index is 10.8. The normalized spacial score (nSPS) is 11.4. The minimum absolute atomic E-state index is 0.211. The molecule has 47 heavy (non-hydrogen) atoms. The van der Waals surface area contributed by atoms with Crippen LogP contribution in [0, 0.1) is 20.8 Å². The molecule has 0 aliphatic rings. The Labute approximate surface area is 278 Å². The standard InChI is InChI=1S/C43H32N2OS/c1-26-18-27(2)20-31(19-26)32-23-39(45-40(24-32)37-13-4-6-16-41(37)46)30-11-8-10-29(22-30)38-25-33(21-28(3)44-38)34-14-9-15-36-35-12-5-7-17-42(35)47-43(34)36/h4-25,46H,1-3H3. The summed E-state index contributed by atoms with van der Waals surface area (Å²) in [5.41, 5.74) is 13.2. The number of aromatic nitrogens is 2. The van der Waals surface area contributed by atoms with Crippen LogP contribution in [0.2, 0.25) is 0 Å². The fraction of sp³-hybridized carbons (Fsp3) is 0.0698. The lowest BCUT2D eigenvalue weighted by molar-refractivity contribution is 0.477. The smallest absolute Gasteiger partial charge is 0.124 e. The third kappa shape index (κ3) is 5.47. The van der Waals surface area contributed by atoms with Crippen molar-refractivity contribution in [3.05, 3.63) is 150 Å². The van der Waals surface area contributed by atoms with Gasteiger partial charge in [-0.15, -0.1) is 11.3 Å². The minimum Gasteiger partial charge on any atom is -0.507 e. The summed E-state index contributed by atoms with van der Waals surface area (Å²) in [6.07, 6.45) is 0. The van der Waals surface area contributed by atoms with Crippen LogP contribution in [0.4, 0.5) is 0 Å². The number of benzene rings is 5. The molecule has 226 valence electrons. The Morgan fingerprint density at radius 1 is 0.468 bits per heavy atom. The highest BCUT2D eigenvalue weighted by molar-refractivity contribution is 7.26. The lowest BCUT2D eigenvalue weighted by Gasteiger charge is -2.13. The number of hydrogen-bond acceptors (Lipinski definition) is 4. The number of thiophene rings is 1. The fourth-order valence-electron chi connectivity index (χ4n) is 6.60. The molecule has 0 bridgehead atoms. The first kappa shape index (κ1) is 28.9. The molecule has 0 fully saturated rings. The summed E-state index contributed by atoms with van der Waals surface area (Å²) in [7, 11) is 0. The van der Waals surface area contributed by atoms with Crippen molar-refractivity contribution in [1.82, 2.24) is 9.97 Å². The van der Waals surface area contributed by atoms with Crippen molar-refractivity contribution in [3.8, 4) is 61.8 Å². The number of phenols is 1. The number of nitrogens with zero attached hydrogens (tertiary/aromatic N) is 2. The quantitative estimate of drug-likeness (QED) is 0.207. The predicted octanol–water partition coefficient (Wildman–Crippen LogP) is 11.8. The molecule has 1 N–H and O–H groups in total. The van der Waals surface area contributed by atoms with Gasteiger partial charge in [-0.1, -0.05) is 96.1 Å². The van der Waals surface area contributed by atoms with E-state index >= 15 is 0 Å². The van der Waals surface area contributed by atoms with E-state index < -0.39 is 0 Å². The van der Waals surface area contributed by atoms with Crippen molar-refractivity contribution in [1.29, 1.82) is 0 Å². The van der Waals surface area contributed by atoms with Gasteiger partial charge in [0, 0.05) is 42.6 Å². The average molecular weight is 625 g/mol. The van der Waals surface area contributed by atoms with Crippen LogP contribution in [0.15, 0.2) is 133 Å². The van der Waals surface area contributed by atoms with Crippen LogP contribution in [0.3, 0.4) is 0 Å². The Balaban J connectivity index is 1.26. The first-order chi connectivity index (χ1) is 22.9. The van der Waals surface area contributed by atoms with Gasteiger partial charge in [0.15, 0.2) is 0 Å². The van der Waals surface area contributed by atoms with Gasteiger partial charge in [0.25, 0.3) is 0 Å². The molecular weight excluding hydrogens is 593 g/mol. The monoisotopic (exact) mass is 624 g/mol. The molecule has 0 saturated heterocycles. The Hall–Kier alpha value is -5.58. The zero-order valence-corrected chi connectivity index (χ0v) is 27.3. The number of para-hydroxylation sites is 1. The van der Waals surface area contributed by atoms with E-state index in [1.54, 1.807) is 6.07 Å². The number of aryl methyl sites for hydroxylation is 3. The molecule has 0 unspecified atom stereocenters. The zero-order valence-electron chi connectivity index (χ0n) is 26.5. The average Bonchev–Trinajstić information content (AvgIpc) is 3.47. The Kier molecular flexibility index (Phi) is 7.16. The molecule has 8 rings (SSSR count). The number of phenolic OH excluding ortho intramolecular Hbond substituents is 1. The van der Waals surface area contributed by atoms with Crippen molar-refractivity contribution in [2.75, 3.05) is 0 Å². The van der Waals surface area contributed by atoms with E-state index in [1.165, 1.54) is 36.9 Å². The van der Waals surface area contributed by atoms with Gasteiger partial charge in [-0.05, 0) is 91.6 Å². The van der Waals surface area contributed by atoms with Crippen LogP contribution < -0.4 is 0 Å². The molecule has 0 saturated carbocycles. The number of aromatic hydroxyl groups is 1. The molecule has 0 radical (unpaired) electrons. The summed E-state index contributed by atoms with van der Waals surface area (Å²) in [6.45, 7) is 6.31. The van der Waals surface area contributed by atoms with Gasteiger partial charge >= 0.3 is 0 Å². The summed E-state index contributed by atoms with van der Waals surface area (Å²) >= 11 is 1.85. The van der Waals surface area contributed by atoms with Gasteiger partial charge in [-0.3, -0.25) is 4.98 Å². The fourth-order valence-corrected chi connectivity index (χ4v) is 7.84. The van der Waals surface area contributed by atoms with E-state index in [9.17, 15) is 5.11 Å². The van der Waals surface area contributed by atoms with Crippen LogP contribution >= 0.6 is 11.3 Å². The third-order valence-electron chi connectivity index (χ3n) is 8.68. The largest absolute Gasteiger partial charge is 0.507 e. The van der Waals surface area contributed by atoms with Gasteiger partial charge in [-0.2, -0.15) is 0 Å². The van der Waals surface area contributed by atoms with Gasteiger partial charge in [0.05, 0.1) is 17.1 Å². The molecular formula is C43H32N2OS. The number of fused-ring (bicyclic) bond motifs is 3. The summed E-state index contributed by atoms with van der Waals surface area (Å²) in [6, 6.07) is 46.3. The van der Waals surface area contributed by atoms with E-state index in [4.69, 9.17) is 9.97 Å². The van der Waals surface area contributed by atoms with Crippen molar-refractivity contribution in [2.24, 2.45) is 0 Å². The molecule has 0 atom stereocenters. The Bertz CT molecular complexity index is 2450. The highest BCUT2D eigenvalue weighted by Gasteiger charge is 2.15. The van der Waals surface area contributed by atoms with Crippen molar-refractivity contribution in [3.63, 3.8) is 0 Å². The summed E-state index contributed by atoms with van der Waals surface area (Å²) in [5.74, 6) is 0.211. The maximum atomic E-state index is 10.8. The van der Waals surface area contributed by atoms with Gasteiger partial charge in [0.2, 0.25) is 0 Å². The molecule has 0 amide bonds.